The van der Waals surface area contributed by atoms with Crippen molar-refractivity contribution in [3.8, 4) is 33.5 Å². The van der Waals surface area contributed by atoms with Crippen molar-refractivity contribution in [1.29, 1.82) is 5.41 Å². The number of benzene rings is 2. The van der Waals surface area contributed by atoms with Crippen LogP contribution in [0.15, 0.2) is 91.1 Å². The van der Waals surface area contributed by atoms with Crippen molar-refractivity contribution in [1.82, 2.24) is 20.3 Å². The van der Waals surface area contributed by atoms with Crippen LogP contribution in [0.1, 0.15) is 5.56 Å². The minimum absolute atomic E-state index is 0.0596. The Morgan fingerprint density at radius 3 is 2.46 bits per heavy atom. The van der Waals surface area contributed by atoms with Gasteiger partial charge in [-0.1, -0.05) is 24.3 Å². The van der Waals surface area contributed by atoms with E-state index in [9.17, 15) is 8.78 Å². The van der Waals surface area contributed by atoms with Gasteiger partial charge in [0.05, 0.1) is 5.69 Å². The molecule has 0 saturated carbocycles. The lowest BCUT2D eigenvalue weighted by atomic mass is 9.97. The maximum absolute atomic E-state index is 14.6. The molecule has 5 aromatic rings. The van der Waals surface area contributed by atoms with Gasteiger partial charge in [0.25, 0.3) is 0 Å². The Bertz CT molecular complexity index is 1660. The number of pyridine rings is 3. The highest BCUT2D eigenvalue weighted by molar-refractivity contribution is 6.09. The lowest BCUT2D eigenvalue weighted by molar-refractivity contribution is 0.602. The summed E-state index contributed by atoms with van der Waals surface area (Å²) in [6, 6.07) is 18.3. The largest absolute Gasteiger partial charge is 0.385 e. The summed E-state index contributed by atoms with van der Waals surface area (Å²) in [5.74, 6) is -0.708. The molecular formula is C29H22F2N6. The van der Waals surface area contributed by atoms with Crippen molar-refractivity contribution in [3.63, 3.8) is 0 Å². The van der Waals surface area contributed by atoms with Gasteiger partial charge in [0.15, 0.2) is 5.65 Å². The normalized spacial score (nSPS) is 11.8. The van der Waals surface area contributed by atoms with Gasteiger partial charge in [-0.15, -0.1) is 0 Å². The van der Waals surface area contributed by atoms with Crippen LogP contribution in [-0.2, 0) is 0 Å². The Morgan fingerprint density at radius 2 is 1.70 bits per heavy atom. The van der Waals surface area contributed by atoms with Gasteiger partial charge in [-0.2, -0.15) is 0 Å². The molecular weight excluding hydrogens is 470 g/mol. The zero-order valence-corrected chi connectivity index (χ0v) is 19.8. The van der Waals surface area contributed by atoms with Gasteiger partial charge in [0.1, 0.15) is 17.5 Å². The van der Waals surface area contributed by atoms with Crippen molar-refractivity contribution in [2.45, 2.75) is 0 Å². The second-order valence-corrected chi connectivity index (χ2v) is 8.32. The summed E-state index contributed by atoms with van der Waals surface area (Å²) in [4.78, 5) is 13.3. The number of nitrogens with two attached hydrogens (primary N) is 1. The van der Waals surface area contributed by atoms with Crippen LogP contribution in [0.3, 0.4) is 0 Å². The van der Waals surface area contributed by atoms with E-state index in [2.05, 4.69) is 20.3 Å². The van der Waals surface area contributed by atoms with Crippen LogP contribution in [0.5, 0.6) is 0 Å². The molecule has 6 nitrogen and oxygen atoms in total. The fourth-order valence-electron chi connectivity index (χ4n) is 4.17. The van der Waals surface area contributed by atoms with E-state index in [4.69, 9.17) is 11.1 Å². The summed E-state index contributed by atoms with van der Waals surface area (Å²) in [6.45, 7) is 0. The van der Waals surface area contributed by atoms with Crippen LogP contribution in [0.2, 0.25) is 0 Å². The lowest BCUT2D eigenvalue weighted by Gasteiger charge is -2.12. The molecule has 3 heterocycles. The molecule has 37 heavy (non-hydrogen) atoms. The number of hydrogen-bond donors (Lipinski definition) is 3. The van der Waals surface area contributed by atoms with E-state index < -0.39 is 11.6 Å². The molecule has 0 unspecified atom stereocenters. The predicted molar refractivity (Wildman–Crippen MR) is 143 cm³/mol. The number of hydrogen-bond acceptors (Lipinski definition) is 6. The third kappa shape index (κ3) is 4.64. The number of allylic oxidation sites excluding steroid dienone is 1. The van der Waals surface area contributed by atoms with Crippen molar-refractivity contribution in [2.24, 2.45) is 5.73 Å². The van der Waals surface area contributed by atoms with Gasteiger partial charge in [-0.25, -0.2) is 18.7 Å². The molecule has 8 heteroatoms. The highest BCUT2D eigenvalue weighted by Crippen LogP contribution is 2.34. The fraction of sp³-hybridized carbons (Fsp3) is 0.0345. The van der Waals surface area contributed by atoms with Crippen LogP contribution in [0, 0.1) is 17.0 Å². The van der Waals surface area contributed by atoms with E-state index in [1.807, 2.05) is 36.4 Å². The predicted octanol–water partition coefficient (Wildman–Crippen LogP) is 5.80. The minimum Gasteiger partial charge on any atom is -0.385 e. The molecule has 0 aliphatic rings. The highest BCUT2D eigenvalue weighted by atomic mass is 19.1. The first-order valence-corrected chi connectivity index (χ1v) is 11.4. The van der Waals surface area contributed by atoms with Crippen LogP contribution in [-0.4, -0.2) is 28.2 Å². The molecule has 0 fully saturated rings. The van der Waals surface area contributed by atoms with Crippen LogP contribution in [0.4, 0.5) is 8.78 Å². The van der Waals surface area contributed by atoms with Crippen molar-refractivity contribution >= 4 is 22.8 Å². The molecule has 5 rings (SSSR count). The summed E-state index contributed by atoms with van der Waals surface area (Å²) in [5, 5.41) is 11.3. The zero-order valence-electron chi connectivity index (χ0n) is 19.8. The number of aromatic nitrogens is 3. The standard InChI is InChI=1S/C29H22F2N6/c1-34-28(33)25(14-32)18-6-4-17(5-7-18)19-11-20(16-35-15-19)23-13-27(24-12-21(30)8-9-26(24)31)37-29-22(23)3-2-10-36-29/h2-16,32,34H,33H2,1H3/b28-25-,32-14?. The van der Waals surface area contributed by atoms with Crippen LogP contribution < -0.4 is 11.1 Å². The summed E-state index contributed by atoms with van der Waals surface area (Å²) in [6.07, 6.45) is 6.29. The Labute approximate surface area is 212 Å². The van der Waals surface area contributed by atoms with E-state index in [0.717, 1.165) is 51.4 Å². The second-order valence-electron chi connectivity index (χ2n) is 8.32. The summed E-state index contributed by atoms with van der Waals surface area (Å²) >= 11 is 0. The molecule has 0 saturated heterocycles. The number of fused-ring (bicyclic) bond motifs is 1. The van der Waals surface area contributed by atoms with Gasteiger partial charge in [0, 0.05) is 59.5 Å². The molecule has 0 amide bonds. The number of halogens is 2. The smallest absolute Gasteiger partial charge is 0.160 e. The minimum atomic E-state index is -0.570. The van der Waals surface area contributed by atoms with E-state index in [1.165, 1.54) is 6.21 Å². The molecule has 0 spiro atoms. The highest BCUT2D eigenvalue weighted by Gasteiger charge is 2.15. The van der Waals surface area contributed by atoms with E-state index in [0.29, 0.717) is 17.0 Å². The first-order chi connectivity index (χ1) is 18.0. The van der Waals surface area contributed by atoms with E-state index in [1.54, 1.807) is 37.8 Å². The molecule has 0 aliphatic carbocycles. The Balaban J connectivity index is 1.61. The second kappa shape index (κ2) is 9.94. The molecule has 0 radical (unpaired) electrons. The SMILES string of the molecule is CN/C(N)=C(/C=N)c1ccc(-c2cncc(-c3cc(-c4cc(F)ccc4F)nc4ncccc34)c2)cc1. The van der Waals surface area contributed by atoms with Crippen molar-refractivity contribution in [3.05, 3.63) is 108 Å². The third-order valence-electron chi connectivity index (χ3n) is 6.07. The summed E-state index contributed by atoms with van der Waals surface area (Å²) in [7, 11) is 1.71. The van der Waals surface area contributed by atoms with E-state index in [-0.39, 0.29) is 11.3 Å². The molecule has 0 atom stereocenters. The van der Waals surface area contributed by atoms with Gasteiger partial charge >= 0.3 is 0 Å². The molecule has 182 valence electrons. The molecule has 3 aromatic heterocycles. The molecule has 0 bridgehead atoms. The molecule has 4 N–H and O–H groups in total. The third-order valence-corrected chi connectivity index (χ3v) is 6.07. The Morgan fingerprint density at radius 1 is 0.919 bits per heavy atom. The fourth-order valence-corrected chi connectivity index (χ4v) is 4.17. The lowest BCUT2D eigenvalue weighted by Crippen LogP contribution is -2.17. The number of nitrogens with one attached hydrogen (secondary N) is 2. The quantitative estimate of drug-likeness (QED) is 0.260. The first kappa shape index (κ1) is 23.7. The molecule has 0 aliphatic heterocycles. The topological polar surface area (TPSA) is 101 Å². The zero-order chi connectivity index (χ0) is 25.9. The maximum Gasteiger partial charge on any atom is 0.160 e. The van der Waals surface area contributed by atoms with Crippen LogP contribution >= 0.6 is 0 Å². The number of nitrogens with zero attached hydrogens (tertiary/aromatic N) is 3. The average molecular weight is 493 g/mol. The van der Waals surface area contributed by atoms with E-state index >= 15 is 0 Å². The van der Waals surface area contributed by atoms with Gasteiger partial charge in [-0.05, 0) is 59.2 Å². The Hall–Kier alpha value is -4.98. The summed E-state index contributed by atoms with van der Waals surface area (Å²) < 4.78 is 28.5. The summed E-state index contributed by atoms with van der Waals surface area (Å²) in [5.41, 5.74) is 11.4. The number of rotatable bonds is 6. The Kier molecular flexibility index (Phi) is 6.38. The van der Waals surface area contributed by atoms with Gasteiger partial charge < -0.3 is 16.5 Å². The van der Waals surface area contributed by atoms with Crippen molar-refractivity contribution < 1.29 is 8.78 Å². The average Bonchev–Trinajstić information content (AvgIpc) is 2.94. The van der Waals surface area contributed by atoms with Crippen molar-refractivity contribution in [2.75, 3.05) is 7.05 Å². The first-order valence-electron chi connectivity index (χ1n) is 11.4. The van der Waals surface area contributed by atoms with Crippen LogP contribution in [0.25, 0.3) is 50.1 Å². The van der Waals surface area contributed by atoms with Gasteiger partial charge in [-0.3, -0.25) is 4.98 Å². The maximum atomic E-state index is 14.6. The monoisotopic (exact) mass is 492 g/mol. The molecule has 2 aromatic carbocycles. The van der Waals surface area contributed by atoms with Gasteiger partial charge in [0.2, 0.25) is 0 Å².